The van der Waals surface area contributed by atoms with Gasteiger partial charge in [-0.1, -0.05) is 25.1 Å². The number of hydrogen-bond donors (Lipinski definition) is 3. The van der Waals surface area contributed by atoms with Crippen molar-refractivity contribution >= 4 is 79.9 Å². The van der Waals surface area contributed by atoms with Crippen molar-refractivity contribution in [2.24, 2.45) is 0 Å². The van der Waals surface area contributed by atoms with Gasteiger partial charge in [0, 0.05) is 92.5 Å². The number of imide groups is 1. The molecule has 8 rings (SSSR count). The molecule has 3 fully saturated rings. The highest BCUT2D eigenvalue weighted by Crippen LogP contribution is 2.42. The summed E-state index contributed by atoms with van der Waals surface area (Å²) in [6.07, 6.45) is 6.95. The number of carbonyl (C=O) groups excluding carboxylic acids is 2. The Hall–Kier alpha value is -5.02. The summed E-state index contributed by atoms with van der Waals surface area (Å²) in [5, 5.41) is 10.5. The van der Waals surface area contributed by atoms with Crippen molar-refractivity contribution in [2.75, 3.05) is 81.3 Å². The zero-order valence-corrected chi connectivity index (χ0v) is 39.2. The first kappa shape index (κ1) is 45.5. The molecular weight excluding hydrogens is 903 g/mol. The minimum atomic E-state index is -2.73. The normalized spacial score (nSPS) is 18.0. The Bertz CT molecular complexity index is 2570. The zero-order valence-electron chi connectivity index (χ0n) is 36.7. The van der Waals surface area contributed by atoms with Crippen LogP contribution in [0.3, 0.4) is 0 Å². The predicted molar refractivity (Wildman–Crippen MR) is 253 cm³/mol. The van der Waals surface area contributed by atoms with Crippen LogP contribution in [-0.2, 0) is 27.0 Å². The van der Waals surface area contributed by atoms with Crippen molar-refractivity contribution < 1.29 is 27.7 Å². The number of nitrogens with one attached hydrogen (secondary N) is 3. The number of para-hydroxylation sites is 1. The van der Waals surface area contributed by atoms with Gasteiger partial charge in [0.2, 0.25) is 17.8 Å². The van der Waals surface area contributed by atoms with Gasteiger partial charge in [-0.15, -0.1) is 0 Å². The SMILES string of the molecule is CCOc1cc(N2CCC(N3CCN(CCc4cc(F)c(C5CCC(=O)NC5=O)c(F)c4)CC3)CC2)c(CC)cc1Nc1ncc(Br)c(Nc2cnc3ccccc3c2P(C)(C)=O)n1. The number of pyridine rings is 1. The lowest BCUT2D eigenvalue weighted by atomic mass is 9.89. The molecule has 1 atom stereocenters. The van der Waals surface area contributed by atoms with Crippen LogP contribution in [-0.4, -0.2) is 108 Å². The van der Waals surface area contributed by atoms with E-state index in [1.807, 2.05) is 31.2 Å². The Labute approximate surface area is 381 Å². The largest absolute Gasteiger partial charge is 0.492 e. The van der Waals surface area contributed by atoms with E-state index in [4.69, 9.17) is 9.72 Å². The third kappa shape index (κ3) is 10.1. The minimum absolute atomic E-state index is 0.0645. The van der Waals surface area contributed by atoms with Crippen molar-refractivity contribution in [3.05, 3.63) is 93.7 Å². The number of rotatable bonds is 14. The van der Waals surface area contributed by atoms with Gasteiger partial charge in [-0.05, 0) is 104 Å². The summed E-state index contributed by atoms with van der Waals surface area (Å²) < 4.78 is 50.7. The molecule has 5 heterocycles. The maximum atomic E-state index is 15.1. The highest BCUT2D eigenvalue weighted by Gasteiger charge is 2.33. The highest BCUT2D eigenvalue weighted by molar-refractivity contribution is 9.10. The maximum absolute atomic E-state index is 15.1. The van der Waals surface area contributed by atoms with Gasteiger partial charge in [-0.3, -0.25) is 24.8 Å². The number of piperazine rings is 1. The fraction of sp³-hybridized carbons (Fsp3) is 0.426. The van der Waals surface area contributed by atoms with Gasteiger partial charge in [-0.25, -0.2) is 13.8 Å². The Morgan fingerprint density at radius 1 is 0.906 bits per heavy atom. The first-order valence-electron chi connectivity index (χ1n) is 22.1. The van der Waals surface area contributed by atoms with Crippen molar-refractivity contribution in [3.8, 4) is 5.75 Å². The molecule has 338 valence electrons. The lowest BCUT2D eigenvalue weighted by Crippen LogP contribution is -2.53. The van der Waals surface area contributed by atoms with Crippen LogP contribution >= 0.6 is 23.1 Å². The molecule has 2 amide bonds. The number of nitrogens with zero attached hydrogens (tertiary/aromatic N) is 6. The van der Waals surface area contributed by atoms with Gasteiger partial charge >= 0.3 is 0 Å². The molecule has 3 N–H and O–H groups in total. The Morgan fingerprint density at radius 2 is 1.64 bits per heavy atom. The van der Waals surface area contributed by atoms with Crippen molar-refractivity contribution in [1.82, 2.24) is 30.1 Å². The number of aryl methyl sites for hydroxylation is 1. The molecule has 0 bridgehead atoms. The summed E-state index contributed by atoms with van der Waals surface area (Å²) in [6, 6.07) is 15.1. The van der Waals surface area contributed by atoms with E-state index in [1.54, 1.807) is 25.7 Å². The van der Waals surface area contributed by atoms with Gasteiger partial charge < -0.3 is 29.7 Å². The van der Waals surface area contributed by atoms with E-state index in [0.717, 1.165) is 80.8 Å². The average molecular weight is 959 g/mol. The van der Waals surface area contributed by atoms with Crippen LogP contribution in [0, 0.1) is 11.6 Å². The van der Waals surface area contributed by atoms with E-state index < -0.39 is 36.5 Å². The number of fused-ring (bicyclic) bond motifs is 1. The number of anilines is 5. The summed E-state index contributed by atoms with van der Waals surface area (Å²) in [6.45, 7) is 14.3. The molecule has 0 aliphatic carbocycles. The molecule has 3 aliphatic rings. The van der Waals surface area contributed by atoms with Crippen LogP contribution in [0.15, 0.2) is 65.4 Å². The summed E-state index contributed by atoms with van der Waals surface area (Å²) in [5.41, 5.74) is 4.82. The van der Waals surface area contributed by atoms with Crippen LogP contribution in [0.4, 0.5) is 37.6 Å². The smallest absolute Gasteiger partial charge is 0.234 e. The monoisotopic (exact) mass is 957 g/mol. The number of piperidine rings is 2. The molecule has 1 unspecified atom stereocenters. The van der Waals surface area contributed by atoms with Crippen molar-refractivity contribution in [3.63, 3.8) is 0 Å². The number of ether oxygens (including phenoxy) is 1. The third-order valence-corrected chi connectivity index (χ3v) is 14.7. The molecule has 17 heteroatoms. The fourth-order valence-electron chi connectivity index (χ4n) is 9.32. The van der Waals surface area contributed by atoms with E-state index in [1.165, 1.54) is 17.7 Å². The fourth-order valence-corrected chi connectivity index (χ4v) is 11.1. The van der Waals surface area contributed by atoms with Gasteiger partial charge in [-0.2, -0.15) is 4.98 Å². The van der Waals surface area contributed by atoms with Crippen LogP contribution in [0.1, 0.15) is 62.1 Å². The second-order valence-corrected chi connectivity index (χ2v) is 21.1. The molecule has 0 saturated carbocycles. The Morgan fingerprint density at radius 3 is 2.33 bits per heavy atom. The molecule has 3 saturated heterocycles. The Balaban J connectivity index is 0.880. The number of hydrogen-bond acceptors (Lipinski definition) is 12. The second kappa shape index (κ2) is 19.6. The number of amides is 2. The van der Waals surface area contributed by atoms with E-state index in [0.29, 0.717) is 64.2 Å². The number of halogens is 3. The lowest BCUT2D eigenvalue weighted by Gasteiger charge is -2.43. The van der Waals surface area contributed by atoms with Crippen LogP contribution in [0.25, 0.3) is 10.9 Å². The standard InChI is InChI=1S/C47H55BrF2N9O4P/c1-5-30-25-38(54-47-52-27-34(48)45(56-47)53-39-28-51-37-10-8-7-9-32(37)44(39)64(3,4)62)41(63-6-2)26-40(30)59-17-14-31(15-18-59)58-21-19-57(20-22-58)16-13-29-23-35(49)43(36(50)24-29)33-11-12-42(60)55-46(33)61/h7-10,23-28,31,33H,5-6,11-22H2,1-4H3,(H,55,60,61)(H2,52,53,54,56). The van der Waals surface area contributed by atoms with E-state index in [9.17, 15) is 14.2 Å². The molecule has 3 aliphatic heterocycles. The summed E-state index contributed by atoms with van der Waals surface area (Å²) in [4.78, 5) is 45.2. The molecule has 5 aromatic rings. The molecule has 64 heavy (non-hydrogen) atoms. The molecule has 0 spiro atoms. The highest BCUT2D eigenvalue weighted by atomic mass is 79.9. The first-order chi connectivity index (χ1) is 30.8. The molecule has 0 radical (unpaired) electrons. The zero-order chi connectivity index (χ0) is 45.1. The van der Waals surface area contributed by atoms with Gasteiger partial charge in [0.15, 0.2) is 0 Å². The number of carbonyl (C=O) groups is 2. The summed E-state index contributed by atoms with van der Waals surface area (Å²) >= 11 is 3.60. The quantitative estimate of drug-likeness (QED) is 0.0731. The maximum Gasteiger partial charge on any atom is 0.234 e. The average Bonchev–Trinajstić information content (AvgIpc) is 3.27. The minimum Gasteiger partial charge on any atom is -0.492 e. The second-order valence-electron chi connectivity index (χ2n) is 17.1. The van der Waals surface area contributed by atoms with E-state index in [-0.39, 0.29) is 18.4 Å². The number of aromatic nitrogens is 3. The topological polar surface area (TPSA) is 145 Å². The van der Waals surface area contributed by atoms with Gasteiger partial charge in [0.25, 0.3) is 0 Å². The molecule has 2 aromatic heterocycles. The third-order valence-electron chi connectivity index (χ3n) is 12.6. The first-order valence-corrected chi connectivity index (χ1v) is 25.5. The Kier molecular flexibility index (Phi) is 14.0. The summed E-state index contributed by atoms with van der Waals surface area (Å²) in [7, 11) is -2.73. The van der Waals surface area contributed by atoms with Crippen molar-refractivity contribution in [2.45, 2.75) is 64.3 Å². The van der Waals surface area contributed by atoms with Gasteiger partial charge in [0.1, 0.15) is 30.3 Å². The van der Waals surface area contributed by atoms with Gasteiger partial charge in [0.05, 0.1) is 40.1 Å². The summed E-state index contributed by atoms with van der Waals surface area (Å²) in [5.74, 6) is -1.94. The predicted octanol–water partition coefficient (Wildman–Crippen LogP) is 8.11. The van der Waals surface area contributed by atoms with E-state index >= 15 is 8.78 Å². The van der Waals surface area contributed by atoms with Crippen LogP contribution in [0.5, 0.6) is 5.75 Å². The number of benzene rings is 3. The molecule has 3 aromatic carbocycles. The van der Waals surface area contributed by atoms with Crippen LogP contribution < -0.4 is 30.9 Å². The molecular formula is C47H55BrF2N9O4P. The van der Waals surface area contributed by atoms with Crippen molar-refractivity contribution in [1.29, 1.82) is 0 Å². The van der Waals surface area contributed by atoms with E-state index in [2.05, 4.69) is 75.6 Å². The van der Waals surface area contributed by atoms with Crippen LogP contribution in [0.2, 0.25) is 0 Å². The lowest BCUT2D eigenvalue weighted by molar-refractivity contribution is -0.134. The molecule has 13 nitrogen and oxygen atoms in total.